The maximum Gasteiger partial charge on any atom is 0.303 e. The molecule has 1 saturated carbocycles. The molecule has 1 fully saturated rings. The number of carboxylic acid groups (broad SMARTS) is 1. The van der Waals surface area contributed by atoms with Crippen molar-refractivity contribution in [3.63, 3.8) is 0 Å². The van der Waals surface area contributed by atoms with Gasteiger partial charge in [0.2, 0.25) is 5.91 Å². The Bertz CT molecular complexity index is 345. The second kappa shape index (κ2) is 7.07. The smallest absolute Gasteiger partial charge is 0.303 e. The SMILES string of the molecule is CC(C)(CCC(=O)O)NC(=O)C1(CN)CCCCCC1. The Morgan fingerprint density at radius 3 is 2.20 bits per heavy atom. The van der Waals surface area contributed by atoms with Gasteiger partial charge in [0.05, 0.1) is 5.41 Å². The zero-order valence-corrected chi connectivity index (χ0v) is 12.7. The molecule has 1 aliphatic rings. The van der Waals surface area contributed by atoms with Crippen molar-refractivity contribution in [3.05, 3.63) is 0 Å². The summed E-state index contributed by atoms with van der Waals surface area (Å²) in [5.41, 5.74) is 4.92. The first-order chi connectivity index (χ1) is 9.31. The third-order valence-electron chi connectivity index (χ3n) is 4.35. The van der Waals surface area contributed by atoms with Crippen LogP contribution in [0.1, 0.15) is 65.2 Å². The summed E-state index contributed by atoms with van der Waals surface area (Å²) in [7, 11) is 0. The lowest BCUT2D eigenvalue weighted by molar-refractivity contribution is -0.138. The Morgan fingerprint density at radius 2 is 1.75 bits per heavy atom. The Balaban J connectivity index is 2.68. The lowest BCUT2D eigenvalue weighted by atomic mass is 9.78. The van der Waals surface area contributed by atoms with E-state index in [0.717, 1.165) is 38.5 Å². The Morgan fingerprint density at radius 1 is 1.20 bits per heavy atom. The molecule has 5 heteroatoms. The molecule has 116 valence electrons. The fourth-order valence-electron chi connectivity index (χ4n) is 2.85. The van der Waals surface area contributed by atoms with Gasteiger partial charge >= 0.3 is 5.97 Å². The molecule has 0 spiro atoms. The van der Waals surface area contributed by atoms with Crippen LogP contribution in [0.4, 0.5) is 0 Å². The van der Waals surface area contributed by atoms with E-state index >= 15 is 0 Å². The molecule has 0 aromatic rings. The largest absolute Gasteiger partial charge is 0.481 e. The minimum Gasteiger partial charge on any atom is -0.481 e. The number of nitrogens with one attached hydrogen (secondary N) is 1. The molecule has 0 saturated heterocycles. The minimum absolute atomic E-state index is 0.00251. The van der Waals surface area contributed by atoms with Crippen LogP contribution in [-0.4, -0.2) is 29.1 Å². The molecule has 0 aromatic heterocycles. The lowest BCUT2D eigenvalue weighted by Crippen LogP contribution is -2.53. The molecule has 1 aliphatic carbocycles. The Hall–Kier alpha value is -1.10. The van der Waals surface area contributed by atoms with Gasteiger partial charge in [-0.15, -0.1) is 0 Å². The first-order valence-electron chi connectivity index (χ1n) is 7.56. The van der Waals surface area contributed by atoms with Crippen LogP contribution in [0.3, 0.4) is 0 Å². The first kappa shape index (κ1) is 17.0. The maximum absolute atomic E-state index is 12.6. The molecule has 4 N–H and O–H groups in total. The lowest BCUT2D eigenvalue weighted by Gasteiger charge is -2.35. The van der Waals surface area contributed by atoms with Crippen molar-refractivity contribution < 1.29 is 14.7 Å². The van der Waals surface area contributed by atoms with E-state index in [1.165, 1.54) is 0 Å². The summed E-state index contributed by atoms with van der Waals surface area (Å²) in [5, 5.41) is 11.8. The number of amides is 1. The molecular weight excluding hydrogens is 256 g/mol. The molecule has 0 bridgehead atoms. The fraction of sp³-hybridized carbons (Fsp3) is 0.867. The number of carbonyl (C=O) groups excluding carboxylic acids is 1. The van der Waals surface area contributed by atoms with Crippen LogP contribution in [0, 0.1) is 5.41 Å². The molecule has 0 aromatic carbocycles. The van der Waals surface area contributed by atoms with E-state index in [2.05, 4.69) is 5.32 Å². The molecule has 5 nitrogen and oxygen atoms in total. The van der Waals surface area contributed by atoms with Gasteiger partial charge in [0.25, 0.3) is 0 Å². The highest BCUT2D eigenvalue weighted by atomic mass is 16.4. The Labute approximate surface area is 121 Å². The van der Waals surface area contributed by atoms with Crippen LogP contribution < -0.4 is 11.1 Å². The second-order valence-corrected chi connectivity index (χ2v) is 6.63. The molecule has 0 radical (unpaired) electrons. The zero-order chi connectivity index (χ0) is 15.2. The predicted molar refractivity (Wildman–Crippen MR) is 78.3 cm³/mol. The van der Waals surface area contributed by atoms with Crippen LogP contribution in [0.25, 0.3) is 0 Å². The van der Waals surface area contributed by atoms with Crippen molar-refractivity contribution in [2.24, 2.45) is 11.1 Å². The second-order valence-electron chi connectivity index (χ2n) is 6.63. The van der Waals surface area contributed by atoms with Gasteiger partial charge in [-0.25, -0.2) is 0 Å². The van der Waals surface area contributed by atoms with Crippen molar-refractivity contribution in [2.75, 3.05) is 6.54 Å². The first-order valence-corrected chi connectivity index (χ1v) is 7.56. The van der Waals surface area contributed by atoms with Crippen LogP contribution in [0.2, 0.25) is 0 Å². The summed E-state index contributed by atoms with van der Waals surface area (Å²) >= 11 is 0. The Kier molecular flexibility index (Phi) is 5.99. The van der Waals surface area contributed by atoms with Gasteiger partial charge in [-0.2, -0.15) is 0 Å². The van der Waals surface area contributed by atoms with Crippen molar-refractivity contribution in [1.82, 2.24) is 5.32 Å². The third-order valence-corrected chi connectivity index (χ3v) is 4.35. The molecule has 0 atom stereocenters. The van der Waals surface area contributed by atoms with Crippen LogP contribution in [-0.2, 0) is 9.59 Å². The molecule has 0 heterocycles. The van der Waals surface area contributed by atoms with Gasteiger partial charge in [-0.1, -0.05) is 25.7 Å². The average Bonchev–Trinajstić information content (AvgIpc) is 2.62. The molecular formula is C15H28N2O3. The van der Waals surface area contributed by atoms with Crippen molar-refractivity contribution in [3.8, 4) is 0 Å². The highest BCUT2D eigenvalue weighted by Crippen LogP contribution is 2.35. The number of carbonyl (C=O) groups is 2. The van der Waals surface area contributed by atoms with Gasteiger partial charge in [0.1, 0.15) is 0 Å². The quantitative estimate of drug-likeness (QED) is 0.651. The van der Waals surface area contributed by atoms with E-state index in [1.807, 2.05) is 13.8 Å². The number of hydrogen-bond donors (Lipinski definition) is 3. The molecule has 0 unspecified atom stereocenters. The summed E-state index contributed by atoms with van der Waals surface area (Å²) in [4.78, 5) is 23.3. The van der Waals surface area contributed by atoms with E-state index in [0.29, 0.717) is 13.0 Å². The van der Waals surface area contributed by atoms with Gasteiger partial charge in [0, 0.05) is 18.5 Å². The molecule has 1 amide bonds. The number of carboxylic acids is 1. The normalized spacial score (nSPS) is 19.1. The topological polar surface area (TPSA) is 92.4 Å². The van der Waals surface area contributed by atoms with Crippen molar-refractivity contribution in [2.45, 2.75) is 70.8 Å². The molecule has 20 heavy (non-hydrogen) atoms. The van der Waals surface area contributed by atoms with Crippen molar-refractivity contribution in [1.29, 1.82) is 0 Å². The summed E-state index contributed by atoms with van der Waals surface area (Å²) in [6.07, 6.45) is 6.57. The zero-order valence-electron chi connectivity index (χ0n) is 12.7. The minimum atomic E-state index is -0.838. The summed E-state index contributed by atoms with van der Waals surface area (Å²) < 4.78 is 0. The van der Waals surface area contributed by atoms with Crippen LogP contribution in [0.15, 0.2) is 0 Å². The van der Waals surface area contributed by atoms with Crippen molar-refractivity contribution >= 4 is 11.9 Å². The summed E-state index contributed by atoms with van der Waals surface area (Å²) in [6, 6.07) is 0. The summed E-state index contributed by atoms with van der Waals surface area (Å²) in [5.74, 6) is -0.840. The highest BCUT2D eigenvalue weighted by Gasteiger charge is 2.39. The van der Waals surface area contributed by atoms with E-state index < -0.39 is 16.9 Å². The van der Waals surface area contributed by atoms with E-state index in [4.69, 9.17) is 10.8 Å². The average molecular weight is 284 g/mol. The highest BCUT2D eigenvalue weighted by molar-refractivity contribution is 5.83. The van der Waals surface area contributed by atoms with Gasteiger partial charge in [-0.05, 0) is 33.1 Å². The third kappa shape index (κ3) is 4.78. The predicted octanol–water partition coefficient (Wildman–Crippen LogP) is 2.05. The van der Waals surface area contributed by atoms with Gasteiger partial charge in [-0.3, -0.25) is 9.59 Å². The number of hydrogen-bond acceptors (Lipinski definition) is 3. The van der Waals surface area contributed by atoms with Crippen LogP contribution in [0.5, 0.6) is 0 Å². The maximum atomic E-state index is 12.6. The van der Waals surface area contributed by atoms with E-state index in [1.54, 1.807) is 0 Å². The summed E-state index contributed by atoms with van der Waals surface area (Å²) in [6.45, 7) is 4.11. The fourth-order valence-corrected chi connectivity index (χ4v) is 2.85. The monoisotopic (exact) mass is 284 g/mol. The number of aliphatic carboxylic acids is 1. The van der Waals surface area contributed by atoms with Gasteiger partial charge in [0.15, 0.2) is 0 Å². The van der Waals surface area contributed by atoms with E-state index in [9.17, 15) is 9.59 Å². The van der Waals surface area contributed by atoms with E-state index in [-0.39, 0.29) is 12.3 Å². The number of rotatable bonds is 6. The number of nitrogens with two attached hydrogens (primary N) is 1. The standard InChI is InChI=1S/C15H28N2O3/c1-14(2,10-7-12(18)19)17-13(20)15(11-16)8-5-3-4-6-9-15/h3-11,16H2,1-2H3,(H,17,20)(H,18,19). The molecule has 1 rings (SSSR count). The molecule has 0 aliphatic heterocycles. The van der Waals surface area contributed by atoms with Gasteiger partial charge < -0.3 is 16.2 Å². The van der Waals surface area contributed by atoms with Crippen LogP contribution >= 0.6 is 0 Å².